The lowest BCUT2D eigenvalue weighted by Crippen LogP contribution is -2.34. The molecule has 3 aromatic rings. The topological polar surface area (TPSA) is 76.9 Å². The number of Topliss-reactive ketones (excluding diaryl/α,β-unsaturated/α-hetero) is 1. The van der Waals surface area contributed by atoms with Gasteiger partial charge < -0.3 is 9.88 Å². The number of aryl methyl sites for hydroxylation is 1. The van der Waals surface area contributed by atoms with E-state index in [-0.39, 0.29) is 11.7 Å². The SMILES string of the molecule is O=C1CCn2c(nc3ccccc32)C1C(=O)Nc1cccnc1. The van der Waals surface area contributed by atoms with Crippen molar-refractivity contribution >= 4 is 28.4 Å². The molecule has 6 nitrogen and oxygen atoms in total. The number of benzene rings is 1. The number of carbonyl (C=O) groups excluding carboxylic acids is 2. The first-order valence-electron chi connectivity index (χ1n) is 7.43. The summed E-state index contributed by atoms with van der Waals surface area (Å²) in [4.78, 5) is 33.4. The lowest BCUT2D eigenvalue weighted by Gasteiger charge is -2.22. The molecule has 3 heterocycles. The van der Waals surface area contributed by atoms with Gasteiger partial charge in [0.2, 0.25) is 5.91 Å². The van der Waals surface area contributed by atoms with E-state index in [9.17, 15) is 9.59 Å². The molecule has 1 aromatic carbocycles. The average molecular weight is 306 g/mol. The number of hydrogen-bond acceptors (Lipinski definition) is 4. The summed E-state index contributed by atoms with van der Waals surface area (Å²) in [5.74, 6) is -0.825. The number of ketones is 1. The number of fused-ring (bicyclic) bond motifs is 3. The molecular formula is C17H14N4O2. The third kappa shape index (κ3) is 2.28. The second-order valence-electron chi connectivity index (χ2n) is 5.49. The number of hydrogen-bond donors (Lipinski definition) is 1. The molecule has 2 aromatic heterocycles. The molecule has 1 amide bonds. The highest BCUT2D eigenvalue weighted by molar-refractivity contribution is 6.12. The first-order valence-corrected chi connectivity index (χ1v) is 7.43. The average Bonchev–Trinajstić information content (AvgIpc) is 2.93. The molecule has 1 aliphatic heterocycles. The number of carbonyl (C=O) groups is 2. The fraction of sp³-hybridized carbons (Fsp3) is 0.176. The molecule has 0 bridgehead atoms. The smallest absolute Gasteiger partial charge is 0.242 e. The number of aromatic nitrogens is 3. The van der Waals surface area contributed by atoms with E-state index in [1.165, 1.54) is 0 Å². The van der Waals surface area contributed by atoms with Crippen molar-refractivity contribution in [3.8, 4) is 0 Å². The number of para-hydroxylation sites is 2. The molecule has 0 fully saturated rings. The molecule has 0 saturated heterocycles. The zero-order valence-electron chi connectivity index (χ0n) is 12.3. The second kappa shape index (κ2) is 5.31. The standard InChI is InChI=1S/C17H14N4O2/c22-14-7-9-21-13-6-2-1-5-12(13)20-16(21)15(14)17(23)19-11-4-3-8-18-10-11/h1-6,8,10,15H,7,9H2,(H,19,23). The molecule has 1 atom stereocenters. The summed E-state index contributed by atoms with van der Waals surface area (Å²) in [6.45, 7) is 0.561. The minimum Gasteiger partial charge on any atom is -0.326 e. The summed E-state index contributed by atoms with van der Waals surface area (Å²) in [6, 6.07) is 11.1. The second-order valence-corrected chi connectivity index (χ2v) is 5.49. The molecule has 0 aliphatic carbocycles. The van der Waals surface area contributed by atoms with Crippen LogP contribution in [0.25, 0.3) is 11.0 Å². The maximum atomic E-state index is 12.6. The highest BCUT2D eigenvalue weighted by Crippen LogP contribution is 2.29. The molecular weight excluding hydrogens is 292 g/mol. The van der Waals surface area contributed by atoms with E-state index >= 15 is 0 Å². The van der Waals surface area contributed by atoms with Crippen molar-refractivity contribution in [2.75, 3.05) is 5.32 Å². The lowest BCUT2D eigenvalue weighted by molar-refractivity contribution is -0.128. The van der Waals surface area contributed by atoms with Gasteiger partial charge in [-0.15, -0.1) is 0 Å². The van der Waals surface area contributed by atoms with Gasteiger partial charge in [-0.25, -0.2) is 4.98 Å². The van der Waals surface area contributed by atoms with Crippen molar-refractivity contribution in [3.05, 3.63) is 54.6 Å². The van der Waals surface area contributed by atoms with E-state index in [0.717, 1.165) is 11.0 Å². The van der Waals surface area contributed by atoms with Crippen molar-refractivity contribution in [2.45, 2.75) is 18.9 Å². The van der Waals surface area contributed by atoms with Crippen molar-refractivity contribution in [3.63, 3.8) is 0 Å². The maximum Gasteiger partial charge on any atom is 0.242 e. The van der Waals surface area contributed by atoms with Crippen LogP contribution in [0.15, 0.2) is 48.8 Å². The highest BCUT2D eigenvalue weighted by atomic mass is 16.2. The molecule has 1 N–H and O–H groups in total. The quantitative estimate of drug-likeness (QED) is 0.736. The van der Waals surface area contributed by atoms with Gasteiger partial charge >= 0.3 is 0 Å². The molecule has 0 saturated carbocycles. The fourth-order valence-electron chi connectivity index (χ4n) is 2.97. The van der Waals surface area contributed by atoms with Gasteiger partial charge in [0.05, 0.1) is 22.9 Å². The predicted octanol–water partition coefficient (Wildman–Crippen LogP) is 2.13. The van der Waals surface area contributed by atoms with Crippen LogP contribution < -0.4 is 5.32 Å². The minimum atomic E-state index is -0.878. The summed E-state index contributed by atoms with van der Waals surface area (Å²) in [6.07, 6.45) is 3.51. The number of imidazole rings is 1. The Bertz CT molecular complexity index is 901. The van der Waals surface area contributed by atoms with Crippen LogP contribution in [0.1, 0.15) is 18.2 Å². The summed E-state index contributed by atoms with van der Waals surface area (Å²) < 4.78 is 1.96. The molecule has 6 heteroatoms. The Kier molecular flexibility index (Phi) is 3.15. The number of pyridine rings is 1. The number of nitrogens with zero attached hydrogens (tertiary/aromatic N) is 3. The van der Waals surface area contributed by atoms with Gasteiger partial charge in [0.15, 0.2) is 11.7 Å². The van der Waals surface area contributed by atoms with Crippen molar-refractivity contribution in [2.24, 2.45) is 0 Å². The van der Waals surface area contributed by atoms with Crippen LogP contribution in [0.5, 0.6) is 0 Å². The normalized spacial score (nSPS) is 17.0. The summed E-state index contributed by atoms with van der Waals surface area (Å²) in [5.41, 5.74) is 2.32. The Balaban J connectivity index is 1.74. The summed E-state index contributed by atoms with van der Waals surface area (Å²) in [5, 5.41) is 2.75. The molecule has 114 valence electrons. The van der Waals surface area contributed by atoms with Crippen LogP contribution in [0.3, 0.4) is 0 Å². The van der Waals surface area contributed by atoms with Crippen LogP contribution in [-0.4, -0.2) is 26.2 Å². The Morgan fingerprint density at radius 1 is 1.22 bits per heavy atom. The number of anilines is 1. The lowest BCUT2D eigenvalue weighted by atomic mass is 9.96. The Morgan fingerprint density at radius 3 is 2.91 bits per heavy atom. The zero-order valence-corrected chi connectivity index (χ0v) is 12.3. The van der Waals surface area contributed by atoms with Gasteiger partial charge in [-0.3, -0.25) is 14.6 Å². The van der Waals surface area contributed by atoms with Crippen LogP contribution in [0, 0.1) is 0 Å². The van der Waals surface area contributed by atoms with Gasteiger partial charge in [-0.2, -0.15) is 0 Å². The maximum absolute atomic E-state index is 12.6. The summed E-state index contributed by atoms with van der Waals surface area (Å²) in [7, 11) is 0. The third-order valence-corrected chi connectivity index (χ3v) is 4.04. The van der Waals surface area contributed by atoms with Gasteiger partial charge in [0.1, 0.15) is 5.82 Å². The van der Waals surface area contributed by atoms with Crippen LogP contribution in [0.4, 0.5) is 5.69 Å². The third-order valence-electron chi connectivity index (χ3n) is 4.04. The number of amides is 1. The van der Waals surface area contributed by atoms with Gasteiger partial charge in [-0.1, -0.05) is 12.1 Å². The molecule has 0 spiro atoms. The zero-order chi connectivity index (χ0) is 15.8. The Hall–Kier alpha value is -3.02. The number of rotatable bonds is 2. The van der Waals surface area contributed by atoms with E-state index < -0.39 is 5.92 Å². The summed E-state index contributed by atoms with van der Waals surface area (Å²) >= 11 is 0. The van der Waals surface area contributed by atoms with E-state index in [4.69, 9.17) is 0 Å². The largest absolute Gasteiger partial charge is 0.326 e. The highest BCUT2D eigenvalue weighted by Gasteiger charge is 2.36. The fourth-order valence-corrected chi connectivity index (χ4v) is 2.97. The van der Waals surface area contributed by atoms with Crippen LogP contribution in [0.2, 0.25) is 0 Å². The van der Waals surface area contributed by atoms with E-state index in [1.54, 1.807) is 24.5 Å². The van der Waals surface area contributed by atoms with E-state index in [0.29, 0.717) is 24.5 Å². The van der Waals surface area contributed by atoms with Crippen molar-refractivity contribution in [1.29, 1.82) is 0 Å². The minimum absolute atomic E-state index is 0.103. The van der Waals surface area contributed by atoms with E-state index in [2.05, 4.69) is 15.3 Å². The Morgan fingerprint density at radius 2 is 2.09 bits per heavy atom. The molecule has 4 rings (SSSR count). The van der Waals surface area contributed by atoms with Crippen LogP contribution in [-0.2, 0) is 16.1 Å². The van der Waals surface area contributed by atoms with Gasteiger partial charge in [-0.05, 0) is 24.3 Å². The van der Waals surface area contributed by atoms with Gasteiger partial charge in [0, 0.05) is 19.2 Å². The first-order chi connectivity index (χ1) is 11.2. The monoisotopic (exact) mass is 306 g/mol. The Labute approximate surface area is 132 Å². The molecule has 23 heavy (non-hydrogen) atoms. The first kappa shape index (κ1) is 13.6. The molecule has 0 radical (unpaired) electrons. The molecule has 1 unspecified atom stereocenters. The van der Waals surface area contributed by atoms with Gasteiger partial charge in [0.25, 0.3) is 0 Å². The van der Waals surface area contributed by atoms with E-state index in [1.807, 2.05) is 28.8 Å². The van der Waals surface area contributed by atoms with Crippen molar-refractivity contribution < 1.29 is 9.59 Å². The van der Waals surface area contributed by atoms with Crippen molar-refractivity contribution in [1.82, 2.24) is 14.5 Å². The van der Waals surface area contributed by atoms with Crippen LogP contribution >= 0.6 is 0 Å². The number of nitrogens with one attached hydrogen (secondary N) is 1. The molecule has 1 aliphatic rings. The predicted molar refractivity (Wildman–Crippen MR) is 85.0 cm³/mol.